The molecule has 0 saturated carbocycles. The van der Waals surface area contributed by atoms with Gasteiger partial charge in [0.1, 0.15) is 17.5 Å². The monoisotopic (exact) mass is 425 g/mol. The molecule has 0 radical (unpaired) electrons. The number of nitrogens with zero attached hydrogens (tertiary/aromatic N) is 2. The SMILES string of the molecule is CN1CCC(c2cccc(OC(F)(F)F)c2)C(C(=O)N(N)c2ccccc2F)C1=O. The average molecular weight is 425 g/mol. The molecule has 1 heterocycles. The maximum atomic E-state index is 14.1. The van der Waals surface area contributed by atoms with Gasteiger partial charge in [-0.3, -0.25) is 9.59 Å². The predicted octanol–water partition coefficient (Wildman–Crippen LogP) is 3.19. The Hall–Kier alpha value is -3.14. The summed E-state index contributed by atoms with van der Waals surface area (Å²) in [5.41, 5.74) is 0.106. The van der Waals surface area contributed by atoms with Gasteiger partial charge >= 0.3 is 6.36 Å². The van der Waals surface area contributed by atoms with E-state index in [-0.39, 0.29) is 5.69 Å². The van der Waals surface area contributed by atoms with Crippen LogP contribution in [0.4, 0.5) is 23.2 Å². The van der Waals surface area contributed by atoms with Gasteiger partial charge in [0.2, 0.25) is 5.91 Å². The molecule has 0 spiro atoms. The molecule has 1 saturated heterocycles. The van der Waals surface area contributed by atoms with Gasteiger partial charge in [-0.15, -0.1) is 13.2 Å². The molecular formula is C20H19F4N3O3. The number of ether oxygens (including phenoxy) is 1. The zero-order chi connectivity index (χ0) is 22.1. The molecule has 0 aliphatic carbocycles. The Balaban J connectivity index is 1.96. The molecule has 0 aromatic heterocycles. The highest BCUT2D eigenvalue weighted by Gasteiger charge is 2.43. The van der Waals surface area contributed by atoms with Gasteiger partial charge in [0.15, 0.2) is 0 Å². The van der Waals surface area contributed by atoms with Crippen LogP contribution in [0.3, 0.4) is 0 Å². The fourth-order valence-corrected chi connectivity index (χ4v) is 3.51. The number of para-hydroxylation sites is 1. The number of carbonyl (C=O) groups excluding carboxylic acids is 2. The first-order valence-corrected chi connectivity index (χ1v) is 9.02. The minimum Gasteiger partial charge on any atom is -0.406 e. The molecule has 2 amide bonds. The molecule has 0 bridgehead atoms. The number of nitrogens with two attached hydrogens (primary N) is 1. The molecule has 2 aromatic carbocycles. The summed E-state index contributed by atoms with van der Waals surface area (Å²) in [5.74, 6) is 1.13. The van der Waals surface area contributed by atoms with E-state index in [1.165, 1.54) is 42.3 Å². The number of likely N-dealkylation sites (tertiary alicyclic amines) is 1. The maximum absolute atomic E-state index is 14.1. The average Bonchev–Trinajstić information content (AvgIpc) is 2.68. The van der Waals surface area contributed by atoms with E-state index in [9.17, 15) is 27.2 Å². The van der Waals surface area contributed by atoms with Crippen LogP contribution in [-0.4, -0.2) is 36.7 Å². The topological polar surface area (TPSA) is 75.9 Å². The van der Waals surface area contributed by atoms with Gasteiger partial charge in [0.05, 0.1) is 5.69 Å². The molecule has 3 rings (SSSR count). The number of halogens is 4. The number of anilines is 1. The second-order valence-electron chi connectivity index (χ2n) is 6.91. The zero-order valence-corrected chi connectivity index (χ0v) is 15.9. The van der Waals surface area contributed by atoms with Crippen LogP contribution < -0.4 is 15.6 Å². The number of amides is 2. The lowest BCUT2D eigenvalue weighted by molar-refractivity contribution is -0.274. The first kappa shape index (κ1) is 21.6. The number of piperidine rings is 1. The normalized spacial score (nSPS) is 19.5. The summed E-state index contributed by atoms with van der Waals surface area (Å²) in [6, 6.07) is 10.4. The third kappa shape index (κ3) is 4.54. The van der Waals surface area contributed by atoms with Gasteiger partial charge in [0.25, 0.3) is 5.91 Å². The van der Waals surface area contributed by atoms with E-state index >= 15 is 0 Å². The second kappa shape index (κ2) is 8.31. The lowest BCUT2D eigenvalue weighted by atomic mass is 9.79. The third-order valence-electron chi connectivity index (χ3n) is 4.96. The maximum Gasteiger partial charge on any atom is 0.573 e. The Morgan fingerprint density at radius 2 is 1.90 bits per heavy atom. The zero-order valence-electron chi connectivity index (χ0n) is 15.9. The van der Waals surface area contributed by atoms with Crippen LogP contribution in [0.15, 0.2) is 48.5 Å². The van der Waals surface area contributed by atoms with E-state index in [1.807, 2.05) is 0 Å². The van der Waals surface area contributed by atoms with Gasteiger partial charge in [-0.2, -0.15) is 0 Å². The van der Waals surface area contributed by atoms with Crippen molar-refractivity contribution >= 4 is 17.5 Å². The molecule has 2 unspecified atom stereocenters. The van der Waals surface area contributed by atoms with E-state index in [0.29, 0.717) is 23.5 Å². The van der Waals surface area contributed by atoms with E-state index in [0.717, 1.165) is 18.2 Å². The number of alkyl halides is 3. The molecule has 160 valence electrons. The number of hydrogen-bond donors (Lipinski definition) is 1. The van der Waals surface area contributed by atoms with Crippen molar-refractivity contribution < 1.29 is 31.9 Å². The second-order valence-corrected chi connectivity index (χ2v) is 6.91. The Labute approximate surface area is 169 Å². The van der Waals surface area contributed by atoms with Crippen molar-refractivity contribution in [2.45, 2.75) is 18.7 Å². The summed E-state index contributed by atoms with van der Waals surface area (Å²) < 4.78 is 55.7. The summed E-state index contributed by atoms with van der Waals surface area (Å²) in [7, 11) is 1.51. The minimum absolute atomic E-state index is 0.212. The number of hydrogen-bond acceptors (Lipinski definition) is 4. The van der Waals surface area contributed by atoms with Crippen LogP contribution in [0.5, 0.6) is 5.75 Å². The molecule has 10 heteroatoms. The van der Waals surface area contributed by atoms with Crippen molar-refractivity contribution in [2.75, 3.05) is 18.6 Å². The van der Waals surface area contributed by atoms with Crippen molar-refractivity contribution in [1.82, 2.24) is 4.90 Å². The lowest BCUT2D eigenvalue weighted by Gasteiger charge is -2.37. The van der Waals surface area contributed by atoms with Crippen molar-refractivity contribution in [2.24, 2.45) is 11.8 Å². The van der Waals surface area contributed by atoms with Crippen LogP contribution in [-0.2, 0) is 9.59 Å². The Morgan fingerprint density at radius 1 is 1.20 bits per heavy atom. The van der Waals surface area contributed by atoms with Crippen LogP contribution in [0, 0.1) is 11.7 Å². The fraction of sp³-hybridized carbons (Fsp3) is 0.300. The van der Waals surface area contributed by atoms with E-state index < -0.39 is 41.6 Å². The van der Waals surface area contributed by atoms with E-state index in [4.69, 9.17) is 5.84 Å². The molecule has 2 N–H and O–H groups in total. The van der Waals surface area contributed by atoms with Crippen LogP contribution in [0.25, 0.3) is 0 Å². The van der Waals surface area contributed by atoms with Crippen molar-refractivity contribution in [3.8, 4) is 5.75 Å². The summed E-state index contributed by atoms with van der Waals surface area (Å²) in [5, 5.41) is 0.570. The summed E-state index contributed by atoms with van der Waals surface area (Å²) >= 11 is 0. The van der Waals surface area contributed by atoms with Gasteiger partial charge in [-0.05, 0) is 36.2 Å². The first-order chi connectivity index (χ1) is 14.1. The molecular weight excluding hydrogens is 406 g/mol. The molecule has 2 aromatic rings. The predicted molar refractivity (Wildman–Crippen MR) is 99.7 cm³/mol. The van der Waals surface area contributed by atoms with Crippen LogP contribution in [0.2, 0.25) is 0 Å². The van der Waals surface area contributed by atoms with Crippen LogP contribution in [0.1, 0.15) is 17.9 Å². The van der Waals surface area contributed by atoms with Gasteiger partial charge in [-0.1, -0.05) is 24.3 Å². The van der Waals surface area contributed by atoms with Crippen molar-refractivity contribution in [3.05, 3.63) is 59.9 Å². The highest BCUT2D eigenvalue weighted by Crippen LogP contribution is 2.37. The Bertz CT molecular complexity index is 951. The lowest BCUT2D eigenvalue weighted by Crippen LogP contribution is -2.52. The van der Waals surface area contributed by atoms with Gasteiger partial charge < -0.3 is 9.64 Å². The molecule has 30 heavy (non-hydrogen) atoms. The highest BCUT2D eigenvalue weighted by atomic mass is 19.4. The molecule has 1 aliphatic heterocycles. The standard InChI is InChI=1S/C20H19F4N3O3/c1-26-10-9-14(12-5-4-6-13(11-12)30-20(22,23)24)17(18(26)28)19(29)27(25)16-8-3-2-7-15(16)21/h2-8,11,14,17H,9-10,25H2,1H3. The van der Waals surface area contributed by atoms with Gasteiger partial charge in [-0.25, -0.2) is 15.2 Å². The van der Waals surface area contributed by atoms with Crippen molar-refractivity contribution in [1.29, 1.82) is 0 Å². The van der Waals surface area contributed by atoms with Crippen molar-refractivity contribution in [3.63, 3.8) is 0 Å². The quantitative estimate of drug-likeness (QED) is 0.268. The fourth-order valence-electron chi connectivity index (χ4n) is 3.51. The number of carbonyl (C=O) groups is 2. The Kier molecular flexibility index (Phi) is 5.97. The largest absolute Gasteiger partial charge is 0.573 e. The molecule has 6 nitrogen and oxygen atoms in total. The molecule has 2 atom stereocenters. The highest BCUT2D eigenvalue weighted by molar-refractivity contribution is 6.08. The van der Waals surface area contributed by atoms with E-state index in [1.54, 1.807) is 0 Å². The number of hydrazine groups is 1. The van der Waals surface area contributed by atoms with E-state index in [2.05, 4.69) is 4.74 Å². The summed E-state index contributed by atoms with van der Waals surface area (Å²) in [4.78, 5) is 27.2. The molecule has 1 fully saturated rings. The minimum atomic E-state index is -4.88. The summed E-state index contributed by atoms with van der Waals surface area (Å²) in [6.45, 7) is 0.294. The molecule has 1 aliphatic rings. The Morgan fingerprint density at radius 3 is 2.57 bits per heavy atom. The van der Waals surface area contributed by atoms with Crippen LogP contribution >= 0.6 is 0 Å². The summed E-state index contributed by atoms with van der Waals surface area (Å²) in [6.07, 6.45) is -4.57. The third-order valence-corrected chi connectivity index (χ3v) is 4.96. The number of rotatable bonds is 4. The number of benzene rings is 2. The van der Waals surface area contributed by atoms with Gasteiger partial charge in [0, 0.05) is 19.5 Å². The first-order valence-electron chi connectivity index (χ1n) is 9.02. The smallest absolute Gasteiger partial charge is 0.406 e.